The molecule has 0 aromatic heterocycles. The van der Waals surface area contributed by atoms with E-state index >= 15 is 0 Å². The summed E-state index contributed by atoms with van der Waals surface area (Å²) >= 11 is 0. The van der Waals surface area contributed by atoms with Crippen molar-refractivity contribution in [1.29, 1.82) is 0 Å². The topological polar surface area (TPSA) is 40.5 Å². The first-order valence-electron chi connectivity index (χ1n) is 2.39. The Balaban J connectivity index is 3.35. The van der Waals surface area contributed by atoms with Gasteiger partial charge < -0.3 is 10.2 Å². The van der Waals surface area contributed by atoms with Gasteiger partial charge in [-0.3, -0.25) is 0 Å². The molecular weight excluding hydrogens is 104 g/mol. The van der Waals surface area contributed by atoms with Gasteiger partial charge in [0.05, 0.1) is 12.7 Å². The Bertz CT molecular complexity index is 86.5. The van der Waals surface area contributed by atoms with Crippen molar-refractivity contribution in [1.82, 2.24) is 0 Å². The molecule has 0 heterocycles. The van der Waals surface area contributed by atoms with Crippen LogP contribution in [0.4, 0.5) is 0 Å². The summed E-state index contributed by atoms with van der Waals surface area (Å²) in [5.74, 6) is 0. The van der Waals surface area contributed by atoms with Crippen molar-refractivity contribution in [3.63, 3.8) is 0 Å². The van der Waals surface area contributed by atoms with E-state index in [1.165, 1.54) is 6.08 Å². The Morgan fingerprint density at radius 3 is 2.62 bits per heavy atom. The molecule has 0 bridgehead atoms. The van der Waals surface area contributed by atoms with Crippen molar-refractivity contribution in [2.75, 3.05) is 6.61 Å². The van der Waals surface area contributed by atoms with E-state index in [4.69, 9.17) is 10.2 Å². The van der Waals surface area contributed by atoms with Crippen molar-refractivity contribution >= 4 is 0 Å². The summed E-state index contributed by atoms with van der Waals surface area (Å²) in [4.78, 5) is 0. The molecule has 0 saturated heterocycles. The van der Waals surface area contributed by atoms with Gasteiger partial charge in [-0.25, -0.2) is 0 Å². The molecular formula is C6H10O2. The number of hydrogen-bond acceptors (Lipinski definition) is 2. The van der Waals surface area contributed by atoms with E-state index in [1.807, 2.05) is 0 Å². The molecule has 0 amide bonds. The average Bonchev–Trinajstić information content (AvgIpc) is 1.83. The van der Waals surface area contributed by atoms with E-state index in [1.54, 1.807) is 12.2 Å². The molecule has 0 radical (unpaired) electrons. The summed E-state index contributed by atoms with van der Waals surface area (Å²) in [6.45, 7) is 3.16. The summed E-state index contributed by atoms with van der Waals surface area (Å²) in [6, 6.07) is 0. The minimum atomic E-state index is -0.743. The zero-order valence-corrected chi connectivity index (χ0v) is 4.62. The molecule has 0 rings (SSSR count). The highest BCUT2D eigenvalue weighted by atomic mass is 16.3. The van der Waals surface area contributed by atoms with Gasteiger partial charge in [-0.1, -0.05) is 24.8 Å². The Morgan fingerprint density at radius 1 is 1.62 bits per heavy atom. The first-order valence-corrected chi connectivity index (χ1v) is 2.39. The van der Waals surface area contributed by atoms with Gasteiger partial charge in [-0.2, -0.15) is 0 Å². The van der Waals surface area contributed by atoms with Crippen LogP contribution in [0.25, 0.3) is 0 Å². The summed E-state index contributed by atoms with van der Waals surface area (Å²) in [6.07, 6.45) is 3.85. The fourth-order valence-corrected chi connectivity index (χ4v) is 0.268. The zero-order chi connectivity index (χ0) is 6.41. The highest BCUT2D eigenvalue weighted by Crippen LogP contribution is 1.82. The van der Waals surface area contributed by atoms with E-state index in [0.717, 1.165) is 0 Å². The molecule has 2 nitrogen and oxygen atoms in total. The number of rotatable bonds is 3. The second kappa shape index (κ2) is 4.56. The minimum absolute atomic E-state index is 0.232. The Hall–Kier alpha value is -0.600. The lowest BCUT2D eigenvalue weighted by molar-refractivity contribution is 0.131. The Labute approximate surface area is 48.8 Å². The third kappa shape index (κ3) is 3.59. The van der Waals surface area contributed by atoms with Crippen LogP contribution >= 0.6 is 0 Å². The third-order valence-electron chi connectivity index (χ3n) is 0.656. The molecule has 0 fully saturated rings. The van der Waals surface area contributed by atoms with Crippen molar-refractivity contribution in [2.24, 2.45) is 0 Å². The molecule has 0 aromatic rings. The molecule has 0 aliphatic carbocycles. The van der Waals surface area contributed by atoms with Crippen LogP contribution in [0.5, 0.6) is 0 Å². The lowest BCUT2D eigenvalue weighted by atomic mass is 10.3. The van der Waals surface area contributed by atoms with Crippen LogP contribution in [-0.4, -0.2) is 22.9 Å². The lowest BCUT2D eigenvalue weighted by Crippen LogP contribution is -2.06. The maximum Gasteiger partial charge on any atom is 0.0954 e. The van der Waals surface area contributed by atoms with Crippen LogP contribution in [0.1, 0.15) is 0 Å². The SMILES string of the molecule is C=C/C=C/[C@H](O)CO. The Kier molecular flexibility index (Phi) is 4.21. The van der Waals surface area contributed by atoms with Gasteiger partial charge in [0.1, 0.15) is 0 Å². The zero-order valence-electron chi connectivity index (χ0n) is 4.62. The largest absolute Gasteiger partial charge is 0.393 e. The van der Waals surface area contributed by atoms with E-state index < -0.39 is 6.10 Å². The fraction of sp³-hybridized carbons (Fsp3) is 0.333. The van der Waals surface area contributed by atoms with Gasteiger partial charge in [0, 0.05) is 0 Å². The molecule has 0 aromatic carbocycles. The smallest absolute Gasteiger partial charge is 0.0954 e. The van der Waals surface area contributed by atoms with Gasteiger partial charge in [0.2, 0.25) is 0 Å². The second-order valence-electron chi connectivity index (χ2n) is 1.37. The van der Waals surface area contributed by atoms with Gasteiger partial charge in [0.15, 0.2) is 0 Å². The number of aliphatic hydroxyl groups is 2. The normalized spacial score (nSPS) is 14.2. The molecule has 0 unspecified atom stereocenters. The first kappa shape index (κ1) is 7.40. The molecule has 0 aliphatic heterocycles. The van der Waals surface area contributed by atoms with Gasteiger partial charge in [0.25, 0.3) is 0 Å². The van der Waals surface area contributed by atoms with Crippen molar-refractivity contribution in [2.45, 2.75) is 6.10 Å². The van der Waals surface area contributed by atoms with Crippen molar-refractivity contribution in [3.05, 3.63) is 24.8 Å². The summed E-state index contributed by atoms with van der Waals surface area (Å²) in [7, 11) is 0. The predicted octanol–water partition coefficient (Wildman–Crippen LogP) is 0.0818. The molecule has 2 heteroatoms. The molecule has 2 N–H and O–H groups in total. The Morgan fingerprint density at radius 2 is 2.25 bits per heavy atom. The van der Waals surface area contributed by atoms with Crippen molar-refractivity contribution < 1.29 is 10.2 Å². The first-order chi connectivity index (χ1) is 3.81. The van der Waals surface area contributed by atoms with Crippen LogP contribution in [0.3, 0.4) is 0 Å². The number of aliphatic hydroxyl groups excluding tert-OH is 2. The van der Waals surface area contributed by atoms with Crippen LogP contribution in [-0.2, 0) is 0 Å². The molecule has 8 heavy (non-hydrogen) atoms. The van der Waals surface area contributed by atoms with Gasteiger partial charge in [-0.05, 0) is 0 Å². The summed E-state index contributed by atoms with van der Waals surface area (Å²) in [5, 5.41) is 16.8. The van der Waals surface area contributed by atoms with Gasteiger partial charge in [-0.15, -0.1) is 0 Å². The third-order valence-corrected chi connectivity index (χ3v) is 0.656. The summed E-state index contributed by atoms with van der Waals surface area (Å²) < 4.78 is 0. The van der Waals surface area contributed by atoms with E-state index in [0.29, 0.717) is 0 Å². The fourth-order valence-electron chi connectivity index (χ4n) is 0.268. The molecule has 0 aliphatic rings. The molecule has 0 spiro atoms. The number of hydrogen-bond donors (Lipinski definition) is 2. The maximum absolute atomic E-state index is 8.60. The van der Waals surface area contributed by atoms with Crippen LogP contribution in [0.15, 0.2) is 24.8 Å². The van der Waals surface area contributed by atoms with Crippen LogP contribution < -0.4 is 0 Å². The predicted molar refractivity (Wildman–Crippen MR) is 32.4 cm³/mol. The highest BCUT2D eigenvalue weighted by Gasteiger charge is 1.89. The van der Waals surface area contributed by atoms with E-state index in [2.05, 4.69) is 6.58 Å². The van der Waals surface area contributed by atoms with Crippen molar-refractivity contribution in [3.8, 4) is 0 Å². The van der Waals surface area contributed by atoms with Gasteiger partial charge >= 0.3 is 0 Å². The lowest BCUT2D eigenvalue weighted by Gasteiger charge is -1.94. The molecule has 1 atom stereocenters. The average molecular weight is 114 g/mol. The quantitative estimate of drug-likeness (QED) is 0.510. The molecule has 46 valence electrons. The van der Waals surface area contributed by atoms with E-state index in [9.17, 15) is 0 Å². The van der Waals surface area contributed by atoms with E-state index in [-0.39, 0.29) is 6.61 Å². The monoisotopic (exact) mass is 114 g/mol. The van der Waals surface area contributed by atoms with Crippen LogP contribution in [0, 0.1) is 0 Å². The maximum atomic E-state index is 8.60. The second-order valence-corrected chi connectivity index (χ2v) is 1.37. The molecule has 0 saturated carbocycles. The van der Waals surface area contributed by atoms with Crippen LogP contribution in [0.2, 0.25) is 0 Å². The summed E-state index contributed by atoms with van der Waals surface area (Å²) in [5.41, 5.74) is 0. The number of allylic oxidation sites excluding steroid dienone is 2. The standard InChI is InChI=1S/C6H10O2/c1-2-3-4-6(8)5-7/h2-4,6-8H,1,5H2/b4-3+/t6-/m0/s1. The minimum Gasteiger partial charge on any atom is -0.393 e. The highest BCUT2D eigenvalue weighted by molar-refractivity contribution is 5.00.